The number of methoxy groups -OCH3 is 1. The minimum Gasteiger partial charge on any atom is -0.383 e. The Morgan fingerprint density at radius 1 is 1.00 bits per heavy atom. The van der Waals surface area contributed by atoms with Gasteiger partial charge in [-0.05, 0) is 86.1 Å². The molecular formula is C33H38N4O3. The fourth-order valence-corrected chi connectivity index (χ4v) is 5.68. The molecule has 0 unspecified atom stereocenters. The van der Waals surface area contributed by atoms with Gasteiger partial charge >= 0.3 is 0 Å². The summed E-state index contributed by atoms with van der Waals surface area (Å²) in [6, 6.07) is 18.2. The molecule has 7 nitrogen and oxygen atoms in total. The summed E-state index contributed by atoms with van der Waals surface area (Å²) < 4.78 is 7.02. The quantitative estimate of drug-likeness (QED) is 0.298. The second kappa shape index (κ2) is 12.0. The number of aromatic nitrogens is 2. The van der Waals surface area contributed by atoms with Gasteiger partial charge in [0.1, 0.15) is 0 Å². The van der Waals surface area contributed by atoms with Gasteiger partial charge in [0.25, 0.3) is 11.8 Å². The zero-order valence-electron chi connectivity index (χ0n) is 23.9. The Bertz CT molecular complexity index is 1510. The predicted octanol–water partition coefficient (Wildman–Crippen LogP) is 5.56. The van der Waals surface area contributed by atoms with E-state index in [1.165, 1.54) is 16.7 Å². The average molecular weight is 539 g/mol. The second-order valence-electron chi connectivity index (χ2n) is 10.9. The van der Waals surface area contributed by atoms with E-state index in [4.69, 9.17) is 9.84 Å². The van der Waals surface area contributed by atoms with Crippen molar-refractivity contribution in [2.75, 3.05) is 33.4 Å². The number of hydrogen-bond acceptors (Lipinski definition) is 4. The number of carbonyl (C=O) groups is 2. The van der Waals surface area contributed by atoms with Gasteiger partial charge in [-0.1, -0.05) is 35.9 Å². The van der Waals surface area contributed by atoms with Crippen LogP contribution < -0.4 is 5.32 Å². The summed E-state index contributed by atoms with van der Waals surface area (Å²) in [5.41, 5.74) is 8.05. The smallest absolute Gasteiger partial charge is 0.253 e. The van der Waals surface area contributed by atoms with Crippen LogP contribution in [-0.4, -0.2) is 59.8 Å². The molecule has 1 aromatic heterocycles. The van der Waals surface area contributed by atoms with Crippen molar-refractivity contribution in [3.8, 4) is 11.1 Å². The number of amides is 2. The molecule has 1 fully saturated rings. The number of nitrogens with one attached hydrogen (secondary N) is 1. The van der Waals surface area contributed by atoms with Gasteiger partial charge in [0, 0.05) is 56.0 Å². The Balaban J connectivity index is 1.18. The van der Waals surface area contributed by atoms with Gasteiger partial charge < -0.3 is 15.0 Å². The molecule has 208 valence electrons. The molecule has 1 aliphatic heterocycles. The summed E-state index contributed by atoms with van der Waals surface area (Å²) in [6.07, 6.45) is 3.93. The highest BCUT2D eigenvalue weighted by Gasteiger charge is 2.24. The van der Waals surface area contributed by atoms with E-state index in [1.807, 2.05) is 47.0 Å². The molecular weight excluding hydrogens is 500 g/mol. The van der Waals surface area contributed by atoms with Gasteiger partial charge in [-0.3, -0.25) is 14.3 Å². The lowest BCUT2D eigenvalue weighted by Crippen LogP contribution is -2.39. The molecule has 2 heterocycles. The average Bonchev–Trinajstić information content (AvgIpc) is 3.37. The number of likely N-dealkylation sites (tertiary alicyclic amines) is 1. The minimum atomic E-state index is -0.0962. The monoisotopic (exact) mass is 538 g/mol. The lowest BCUT2D eigenvalue weighted by Gasteiger charge is -2.32. The molecule has 0 spiro atoms. The van der Waals surface area contributed by atoms with Crippen molar-refractivity contribution < 1.29 is 14.3 Å². The largest absolute Gasteiger partial charge is 0.383 e. The van der Waals surface area contributed by atoms with E-state index in [0.29, 0.717) is 24.6 Å². The fourth-order valence-electron chi connectivity index (χ4n) is 5.68. The Kier molecular flexibility index (Phi) is 8.31. The first-order valence-electron chi connectivity index (χ1n) is 14.0. The van der Waals surface area contributed by atoms with Crippen LogP contribution in [0.15, 0.2) is 60.8 Å². The molecule has 5 rings (SSSR count). The summed E-state index contributed by atoms with van der Waals surface area (Å²) in [5, 5.41) is 8.66. The van der Waals surface area contributed by atoms with E-state index in [2.05, 4.69) is 49.5 Å². The molecule has 0 radical (unpaired) electrons. The number of piperidine rings is 1. The number of benzene rings is 3. The van der Waals surface area contributed by atoms with Crippen LogP contribution in [-0.2, 0) is 11.3 Å². The van der Waals surface area contributed by atoms with Crippen LogP contribution >= 0.6 is 0 Å². The maximum atomic E-state index is 13.2. The molecule has 7 heteroatoms. The lowest BCUT2D eigenvalue weighted by molar-refractivity contribution is 0.0681. The number of rotatable bonds is 8. The van der Waals surface area contributed by atoms with Gasteiger partial charge in [0.05, 0.1) is 12.1 Å². The van der Waals surface area contributed by atoms with E-state index >= 15 is 0 Å². The number of ether oxygens (including phenoxy) is 1. The third-order valence-electron chi connectivity index (χ3n) is 8.01. The standard InChI is InChI=1S/C33H38N4O3/c1-22-5-10-28(23(2)19-22)26-6-8-27(9-7-26)33(39)36-16-13-25(14-17-36)20-37-21-30-24(3)29(11-12-31(30)35-37)32(38)34-15-18-40-4/h5-12,19,21,25H,13-18,20H2,1-4H3,(H,34,38). The van der Waals surface area contributed by atoms with E-state index in [1.54, 1.807) is 7.11 Å². The molecule has 2 amide bonds. The number of carbonyl (C=O) groups excluding carboxylic acids is 2. The third kappa shape index (κ3) is 5.94. The second-order valence-corrected chi connectivity index (χ2v) is 10.9. The Labute approximate surface area is 236 Å². The molecule has 0 aliphatic carbocycles. The van der Waals surface area contributed by atoms with E-state index < -0.39 is 0 Å². The summed E-state index contributed by atoms with van der Waals surface area (Å²) in [5.74, 6) is 0.450. The maximum Gasteiger partial charge on any atom is 0.253 e. The van der Waals surface area contributed by atoms with Crippen LogP contribution in [0.3, 0.4) is 0 Å². The molecule has 0 bridgehead atoms. The van der Waals surface area contributed by atoms with Crippen LogP contribution in [0.25, 0.3) is 22.0 Å². The number of hydrogen-bond donors (Lipinski definition) is 1. The summed E-state index contributed by atoms with van der Waals surface area (Å²) in [7, 11) is 1.62. The van der Waals surface area contributed by atoms with Gasteiger partial charge in [-0.15, -0.1) is 0 Å². The zero-order chi connectivity index (χ0) is 28.2. The van der Waals surface area contributed by atoms with E-state index in [-0.39, 0.29) is 11.8 Å². The minimum absolute atomic E-state index is 0.0962. The van der Waals surface area contributed by atoms with E-state index in [0.717, 1.165) is 60.1 Å². The highest BCUT2D eigenvalue weighted by Crippen LogP contribution is 2.27. The zero-order valence-corrected chi connectivity index (χ0v) is 23.9. The normalized spacial score (nSPS) is 14.1. The summed E-state index contributed by atoms with van der Waals surface area (Å²) in [6.45, 7) is 9.45. The van der Waals surface area contributed by atoms with Crippen LogP contribution in [0.2, 0.25) is 0 Å². The van der Waals surface area contributed by atoms with Gasteiger partial charge in [0.2, 0.25) is 0 Å². The summed E-state index contributed by atoms with van der Waals surface area (Å²) >= 11 is 0. The Hall–Kier alpha value is -3.97. The molecule has 0 saturated carbocycles. The van der Waals surface area contributed by atoms with Crippen molar-refractivity contribution in [2.24, 2.45) is 5.92 Å². The molecule has 0 atom stereocenters. The van der Waals surface area contributed by atoms with Crippen molar-refractivity contribution in [3.63, 3.8) is 0 Å². The molecule has 1 saturated heterocycles. The number of aryl methyl sites for hydroxylation is 3. The van der Waals surface area contributed by atoms with Crippen molar-refractivity contribution in [1.29, 1.82) is 0 Å². The third-order valence-corrected chi connectivity index (χ3v) is 8.01. The van der Waals surface area contributed by atoms with Gasteiger partial charge in [-0.2, -0.15) is 5.10 Å². The predicted molar refractivity (Wildman–Crippen MR) is 159 cm³/mol. The maximum absolute atomic E-state index is 13.2. The highest BCUT2D eigenvalue weighted by atomic mass is 16.5. The SMILES string of the molecule is COCCNC(=O)c1ccc2nn(CC3CCN(C(=O)c4ccc(-c5ccc(C)cc5C)cc4)CC3)cc2c1C. The Morgan fingerprint density at radius 3 is 2.45 bits per heavy atom. The van der Waals surface area contributed by atoms with Crippen molar-refractivity contribution in [1.82, 2.24) is 20.0 Å². The molecule has 40 heavy (non-hydrogen) atoms. The van der Waals surface area contributed by atoms with Crippen molar-refractivity contribution in [2.45, 2.75) is 40.2 Å². The van der Waals surface area contributed by atoms with Crippen LogP contribution in [0, 0.1) is 26.7 Å². The molecule has 3 aromatic carbocycles. The van der Waals surface area contributed by atoms with E-state index in [9.17, 15) is 9.59 Å². The first kappa shape index (κ1) is 27.6. The lowest BCUT2D eigenvalue weighted by atomic mass is 9.95. The topological polar surface area (TPSA) is 76.5 Å². The number of fused-ring (bicyclic) bond motifs is 1. The van der Waals surface area contributed by atoms with Gasteiger partial charge in [-0.25, -0.2) is 0 Å². The first-order chi connectivity index (χ1) is 19.3. The molecule has 1 N–H and O–H groups in total. The summed E-state index contributed by atoms with van der Waals surface area (Å²) in [4.78, 5) is 27.8. The Morgan fingerprint density at radius 2 is 1.75 bits per heavy atom. The fraction of sp³-hybridized carbons (Fsp3) is 0.364. The molecule has 1 aliphatic rings. The van der Waals surface area contributed by atoms with Gasteiger partial charge in [0.15, 0.2) is 0 Å². The van der Waals surface area contributed by atoms with Crippen LogP contribution in [0.1, 0.15) is 50.2 Å². The van der Waals surface area contributed by atoms with Crippen molar-refractivity contribution >= 4 is 22.7 Å². The number of nitrogens with zero attached hydrogens (tertiary/aromatic N) is 3. The first-order valence-corrected chi connectivity index (χ1v) is 14.0. The molecule has 4 aromatic rings. The highest BCUT2D eigenvalue weighted by molar-refractivity contribution is 6.00. The van der Waals surface area contributed by atoms with Crippen LogP contribution in [0.4, 0.5) is 0 Å². The van der Waals surface area contributed by atoms with Crippen LogP contribution in [0.5, 0.6) is 0 Å². The van der Waals surface area contributed by atoms with Crippen molar-refractivity contribution in [3.05, 3.63) is 88.6 Å².